The summed E-state index contributed by atoms with van der Waals surface area (Å²) in [6.07, 6.45) is 4.20. The van der Waals surface area contributed by atoms with E-state index in [1.54, 1.807) is 24.3 Å². The zero-order valence-electron chi connectivity index (χ0n) is 18.2. The molecule has 2 heterocycles. The molecule has 3 aromatic rings. The van der Waals surface area contributed by atoms with Gasteiger partial charge < -0.3 is 15.0 Å². The fraction of sp³-hybridized carbons (Fsp3) is 0.269. The quantitative estimate of drug-likeness (QED) is 0.654. The maximum absolute atomic E-state index is 13.0. The number of hydrogen-bond donors (Lipinski definition) is 1. The van der Waals surface area contributed by atoms with E-state index >= 15 is 0 Å². The molecule has 0 bridgehead atoms. The third-order valence-electron chi connectivity index (χ3n) is 5.81. The highest BCUT2D eigenvalue weighted by molar-refractivity contribution is 5.87. The van der Waals surface area contributed by atoms with Gasteiger partial charge in [-0.2, -0.15) is 0 Å². The van der Waals surface area contributed by atoms with Crippen LogP contribution < -0.4 is 5.32 Å². The lowest BCUT2D eigenvalue weighted by Crippen LogP contribution is -2.61. The lowest BCUT2D eigenvalue weighted by Gasteiger charge is -2.41. The summed E-state index contributed by atoms with van der Waals surface area (Å²) in [5, 5.41) is 2.74. The van der Waals surface area contributed by atoms with Gasteiger partial charge in [0.15, 0.2) is 5.60 Å². The summed E-state index contributed by atoms with van der Waals surface area (Å²) in [5.74, 6) is -0.220. The van der Waals surface area contributed by atoms with E-state index in [9.17, 15) is 9.59 Å². The molecule has 2 amide bonds. The molecule has 6 heteroatoms. The second-order valence-corrected chi connectivity index (χ2v) is 8.01. The molecule has 1 fully saturated rings. The summed E-state index contributed by atoms with van der Waals surface area (Å²) in [6.45, 7) is 1.01. The first kappa shape index (κ1) is 21.7. The molecule has 0 saturated carbocycles. The second-order valence-electron chi connectivity index (χ2n) is 8.01. The smallest absolute Gasteiger partial charge is 0.254 e. The van der Waals surface area contributed by atoms with Crippen molar-refractivity contribution in [3.8, 4) is 11.1 Å². The Labute approximate surface area is 188 Å². The van der Waals surface area contributed by atoms with Gasteiger partial charge in [0.1, 0.15) is 0 Å². The van der Waals surface area contributed by atoms with Crippen molar-refractivity contribution in [3.63, 3.8) is 0 Å². The average Bonchev–Trinajstić information content (AvgIpc) is 2.85. The van der Waals surface area contributed by atoms with Gasteiger partial charge in [-0.1, -0.05) is 54.6 Å². The second kappa shape index (κ2) is 9.75. The van der Waals surface area contributed by atoms with Crippen molar-refractivity contribution in [1.29, 1.82) is 0 Å². The molecule has 164 valence electrons. The fourth-order valence-corrected chi connectivity index (χ4v) is 4.17. The van der Waals surface area contributed by atoms with Crippen molar-refractivity contribution >= 4 is 11.8 Å². The van der Waals surface area contributed by atoms with Gasteiger partial charge in [0.2, 0.25) is 5.91 Å². The molecule has 1 aliphatic rings. The number of morpholine rings is 1. The van der Waals surface area contributed by atoms with Crippen LogP contribution in [-0.2, 0) is 27.2 Å². The van der Waals surface area contributed by atoms with Crippen LogP contribution in [0.5, 0.6) is 0 Å². The van der Waals surface area contributed by atoms with E-state index in [0.29, 0.717) is 26.0 Å². The molecule has 1 aliphatic heterocycles. The minimum absolute atomic E-state index is 0.00156. The predicted molar refractivity (Wildman–Crippen MR) is 123 cm³/mol. The highest BCUT2D eigenvalue weighted by Crippen LogP contribution is 2.27. The first-order valence-corrected chi connectivity index (χ1v) is 10.8. The monoisotopic (exact) mass is 429 g/mol. The van der Waals surface area contributed by atoms with Crippen LogP contribution in [0, 0.1) is 0 Å². The van der Waals surface area contributed by atoms with Crippen molar-refractivity contribution in [3.05, 3.63) is 90.3 Å². The molecule has 1 N–H and O–H groups in total. The van der Waals surface area contributed by atoms with E-state index in [1.807, 2.05) is 60.7 Å². The number of nitrogens with zero attached hydrogens (tertiary/aromatic N) is 2. The third kappa shape index (κ3) is 4.86. The highest BCUT2D eigenvalue weighted by atomic mass is 16.5. The van der Waals surface area contributed by atoms with Gasteiger partial charge >= 0.3 is 0 Å². The molecule has 1 saturated heterocycles. The maximum Gasteiger partial charge on any atom is 0.254 e. The predicted octanol–water partition coefficient (Wildman–Crippen LogP) is 2.88. The molecule has 2 aromatic carbocycles. The molecule has 0 radical (unpaired) electrons. The van der Waals surface area contributed by atoms with Crippen LogP contribution in [0.4, 0.5) is 0 Å². The van der Waals surface area contributed by atoms with Gasteiger partial charge in [-0.3, -0.25) is 14.6 Å². The third-order valence-corrected chi connectivity index (χ3v) is 5.81. The minimum Gasteiger partial charge on any atom is -0.361 e. The van der Waals surface area contributed by atoms with E-state index in [0.717, 1.165) is 22.3 Å². The number of aromatic nitrogens is 1. The largest absolute Gasteiger partial charge is 0.361 e. The van der Waals surface area contributed by atoms with E-state index in [1.165, 1.54) is 0 Å². The first-order chi connectivity index (χ1) is 15.6. The Balaban J connectivity index is 1.56. The zero-order valence-corrected chi connectivity index (χ0v) is 18.2. The summed E-state index contributed by atoms with van der Waals surface area (Å²) >= 11 is 0. The van der Waals surface area contributed by atoms with Gasteiger partial charge in [-0.05, 0) is 34.4 Å². The standard InChI is InChI=1S/C26H27N3O3/c1-27-25(31)26(18-21-8-5-9-23(16-21)22-10-12-28-13-11-22)19-29(14-15-32-26)24(30)17-20-6-3-2-4-7-20/h2-13,16H,14-15,17-19H2,1H3,(H,27,31). The number of benzene rings is 2. The number of amides is 2. The lowest BCUT2D eigenvalue weighted by atomic mass is 9.89. The van der Waals surface area contributed by atoms with Gasteiger partial charge in [0.05, 0.1) is 19.6 Å². The van der Waals surface area contributed by atoms with E-state index < -0.39 is 5.60 Å². The number of rotatable bonds is 6. The summed E-state index contributed by atoms with van der Waals surface area (Å²) in [4.78, 5) is 31.8. The summed E-state index contributed by atoms with van der Waals surface area (Å²) < 4.78 is 6.08. The van der Waals surface area contributed by atoms with E-state index in [4.69, 9.17) is 4.74 Å². The van der Waals surface area contributed by atoms with Gasteiger partial charge in [0, 0.05) is 32.4 Å². The van der Waals surface area contributed by atoms with Crippen molar-refractivity contribution in [2.75, 3.05) is 26.7 Å². The Morgan fingerprint density at radius 2 is 1.75 bits per heavy atom. The van der Waals surface area contributed by atoms with Crippen LogP contribution in [-0.4, -0.2) is 54.0 Å². The van der Waals surface area contributed by atoms with E-state index in [-0.39, 0.29) is 18.4 Å². The molecule has 6 nitrogen and oxygen atoms in total. The van der Waals surface area contributed by atoms with Crippen LogP contribution in [0.1, 0.15) is 11.1 Å². The summed E-state index contributed by atoms with van der Waals surface area (Å²) in [5.41, 5.74) is 2.90. The van der Waals surface area contributed by atoms with Crippen LogP contribution >= 0.6 is 0 Å². The maximum atomic E-state index is 13.0. The average molecular weight is 430 g/mol. The van der Waals surface area contributed by atoms with Crippen LogP contribution in [0.3, 0.4) is 0 Å². The molecule has 1 atom stereocenters. The Morgan fingerprint density at radius 3 is 2.50 bits per heavy atom. The number of carbonyl (C=O) groups is 2. The molecule has 1 unspecified atom stereocenters. The minimum atomic E-state index is -1.13. The topological polar surface area (TPSA) is 71.5 Å². The van der Waals surface area contributed by atoms with Crippen LogP contribution in [0.2, 0.25) is 0 Å². The molecule has 1 aromatic heterocycles. The molecular weight excluding hydrogens is 402 g/mol. The molecule has 0 aliphatic carbocycles. The molecule has 4 rings (SSSR count). The Hall–Kier alpha value is -3.51. The van der Waals surface area contributed by atoms with E-state index in [2.05, 4.69) is 16.4 Å². The molecule has 0 spiro atoms. The number of pyridine rings is 1. The van der Waals surface area contributed by atoms with Crippen molar-refractivity contribution < 1.29 is 14.3 Å². The van der Waals surface area contributed by atoms with Crippen LogP contribution in [0.25, 0.3) is 11.1 Å². The summed E-state index contributed by atoms with van der Waals surface area (Å²) in [7, 11) is 1.60. The first-order valence-electron chi connectivity index (χ1n) is 10.8. The number of ether oxygens (including phenoxy) is 1. The molecule has 32 heavy (non-hydrogen) atoms. The van der Waals surface area contributed by atoms with Crippen LogP contribution in [0.15, 0.2) is 79.1 Å². The van der Waals surface area contributed by atoms with Crippen molar-refractivity contribution in [2.24, 2.45) is 0 Å². The zero-order chi connectivity index (χ0) is 22.4. The Kier molecular flexibility index (Phi) is 6.61. The number of likely N-dealkylation sites (N-methyl/N-ethyl adjacent to an activating group) is 1. The normalized spacial score (nSPS) is 18.2. The fourth-order valence-electron chi connectivity index (χ4n) is 4.17. The number of carbonyl (C=O) groups excluding carboxylic acids is 2. The summed E-state index contributed by atoms with van der Waals surface area (Å²) in [6, 6.07) is 21.6. The highest BCUT2D eigenvalue weighted by Gasteiger charge is 2.44. The van der Waals surface area contributed by atoms with Gasteiger partial charge in [-0.15, -0.1) is 0 Å². The number of hydrogen-bond acceptors (Lipinski definition) is 4. The number of nitrogens with one attached hydrogen (secondary N) is 1. The Bertz CT molecular complexity index is 1070. The van der Waals surface area contributed by atoms with Crippen molar-refractivity contribution in [2.45, 2.75) is 18.4 Å². The Morgan fingerprint density at radius 1 is 1.00 bits per heavy atom. The lowest BCUT2D eigenvalue weighted by molar-refractivity contribution is -0.165. The van der Waals surface area contributed by atoms with Gasteiger partial charge in [0.25, 0.3) is 5.91 Å². The molecular formula is C26H27N3O3. The van der Waals surface area contributed by atoms with Gasteiger partial charge in [-0.25, -0.2) is 0 Å². The van der Waals surface area contributed by atoms with Crippen molar-refractivity contribution in [1.82, 2.24) is 15.2 Å². The SMILES string of the molecule is CNC(=O)C1(Cc2cccc(-c3ccncc3)c2)CN(C(=O)Cc2ccccc2)CCO1.